The van der Waals surface area contributed by atoms with Crippen molar-refractivity contribution < 1.29 is 14.3 Å². The van der Waals surface area contributed by atoms with Gasteiger partial charge in [0.1, 0.15) is 24.0 Å². The van der Waals surface area contributed by atoms with Gasteiger partial charge in [-0.15, -0.1) is 0 Å². The third-order valence-corrected chi connectivity index (χ3v) is 5.70. The second kappa shape index (κ2) is 10.9. The molecule has 0 saturated heterocycles. The Labute approximate surface area is 200 Å². The molecule has 0 aliphatic heterocycles. The Morgan fingerprint density at radius 3 is 2.41 bits per heavy atom. The predicted molar refractivity (Wildman–Crippen MR) is 135 cm³/mol. The second-order valence-electron chi connectivity index (χ2n) is 8.54. The van der Waals surface area contributed by atoms with Crippen molar-refractivity contribution in [3.05, 3.63) is 90.3 Å². The topological polar surface area (TPSA) is 65.4 Å². The second-order valence-corrected chi connectivity index (χ2v) is 8.54. The molecule has 176 valence electrons. The van der Waals surface area contributed by atoms with Crippen LogP contribution in [0.1, 0.15) is 49.2 Å². The minimum Gasteiger partial charge on any atom is -0.487 e. The number of fused-ring (bicyclic) bond motifs is 1. The number of hydrogen-bond acceptors (Lipinski definition) is 5. The summed E-state index contributed by atoms with van der Waals surface area (Å²) in [6.07, 6.45) is 2.31. The van der Waals surface area contributed by atoms with Crippen LogP contribution in [0, 0.1) is 0 Å². The monoisotopic (exact) mass is 457 g/mol. The van der Waals surface area contributed by atoms with Crippen molar-refractivity contribution in [1.82, 2.24) is 9.55 Å². The van der Waals surface area contributed by atoms with Crippen molar-refractivity contribution in [1.29, 1.82) is 0 Å². The van der Waals surface area contributed by atoms with E-state index in [4.69, 9.17) is 9.47 Å². The van der Waals surface area contributed by atoms with Gasteiger partial charge in [-0.05, 0) is 38.0 Å². The first-order valence-corrected chi connectivity index (χ1v) is 11.7. The molecule has 4 aromatic rings. The fourth-order valence-corrected chi connectivity index (χ4v) is 3.77. The van der Waals surface area contributed by atoms with Crippen LogP contribution in [0.5, 0.6) is 5.75 Å². The van der Waals surface area contributed by atoms with E-state index in [0.29, 0.717) is 24.3 Å². The highest BCUT2D eigenvalue weighted by molar-refractivity contribution is 5.90. The normalized spacial score (nSPS) is 12.0. The summed E-state index contributed by atoms with van der Waals surface area (Å²) in [5.41, 5.74) is 4.53. The van der Waals surface area contributed by atoms with Crippen LogP contribution in [0.4, 0.5) is 5.69 Å². The highest BCUT2D eigenvalue weighted by Gasteiger charge is 2.17. The fraction of sp³-hybridized carbons (Fsp3) is 0.286. The molecule has 0 fully saturated rings. The van der Waals surface area contributed by atoms with Gasteiger partial charge in [-0.25, -0.2) is 9.78 Å². The predicted octanol–water partition coefficient (Wildman–Crippen LogP) is 6.24. The van der Waals surface area contributed by atoms with Gasteiger partial charge in [0.2, 0.25) is 0 Å². The molecule has 34 heavy (non-hydrogen) atoms. The number of benzene rings is 3. The molecule has 0 aliphatic carbocycles. The van der Waals surface area contributed by atoms with Crippen LogP contribution in [0.25, 0.3) is 11.0 Å². The molecule has 4 rings (SSSR count). The number of ether oxygens (including phenoxy) is 2. The van der Waals surface area contributed by atoms with Crippen molar-refractivity contribution in [2.24, 2.45) is 0 Å². The number of nitrogens with one attached hydrogen (secondary N) is 1. The maximum atomic E-state index is 12.4. The lowest BCUT2D eigenvalue weighted by molar-refractivity contribution is 0.0306. The third-order valence-electron chi connectivity index (χ3n) is 5.70. The molecule has 0 saturated carbocycles. The molecule has 1 aromatic heterocycles. The smallest absolute Gasteiger partial charge is 0.338 e. The Balaban J connectivity index is 1.54. The number of rotatable bonds is 10. The molecule has 0 amide bonds. The lowest BCUT2D eigenvalue weighted by atomic mass is 10.2. The Morgan fingerprint density at radius 1 is 1.03 bits per heavy atom. The zero-order valence-electron chi connectivity index (χ0n) is 19.9. The van der Waals surface area contributed by atoms with Crippen LogP contribution in [0.2, 0.25) is 0 Å². The average molecular weight is 458 g/mol. The van der Waals surface area contributed by atoms with Crippen molar-refractivity contribution in [3.8, 4) is 5.75 Å². The molecule has 1 atom stereocenters. The molecule has 1 unspecified atom stereocenters. The van der Waals surface area contributed by atoms with Gasteiger partial charge in [0.15, 0.2) is 0 Å². The fourth-order valence-electron chi connectivity index (χ4n) is 3.77. The number of esters is 1. The van der Waals surface area contributed by atoms with Crippen LogP contribution in [0.3, 0.4) is 0 Å². The molecule has 0 radical (unpaired) electrons. The van der Waals surface area contributed by atoms with E-state index in [2.05, 4.69) is 40.8 Å². The summed E-state index contributed by atoms with van der Waals surface area (Å²) in [6, 6.07) is 23.5. The van der Waals surface area contributed by atoms with Gasteiger partial charge in [0.05, 0.1) is 23.1 Å². The zero-order valence-corrected chi connectivity index (χ0v) is 19.9. The maximum Gasteiger partial charge on any atom is 0.338 e. The number of aromatic nitrogens is 2. The minimum atomic E-state index is -0.346. The molecule has 3 aromatic carbocycles. The summed E-state index contributed by atoms with van der Waals surface area (Å²) in [6.45, 7) is 7.14. The Kier molecular flexibility index (Phi) is 7.48. The number of imidazole rings is 1. The van der Waals surface area contributed by atoms with Gasteiger partial charge in [-0.3, -0.25) is 0 Å². The van der Waals surface area contributed by atoms with E-state index in [1.54, 1.807) is 12.1 Å². The molecular weight excluding hydrogens is 426 g/mol. The molecular formula is C28H31N3O3. The van der Waals surface area contributed by atoms with E-state index < -0.39 is 0 Å². The van der Waals surface area contributed by atoms with Crippen molar-refractivity contribution in [2.75, 3.05) is 11.9 Å². The molecule has 6 nitrogen and oxygen atoms in total. The Bertz CT molecular complexity index is 1220. The van der Waals surface area contributed by atoms with Gasteiger partial charge >= 0.3 is 5.97 Å². The summed E-state index contributed by atoms with van der Waals surface area (Å²) in [4.78, 5) is 17.0. The number of anilines is 1. The lowest BCUT2D eigenvalue weighted by Crippen LogP contribution is -2.24. The first-order chi connectivity index (χ1) is 16.5. The van der Waals surface area contributed by atoms with Gasteiger partial charge in [-0.1, -0.05) is 55.5 Å². The van der Waals surface area contributed by atoms with E-state index in [1.807, 2.05) is 61.8 Å². The first kappa shape index (κ1) is 23.4. The van der Waals surface area contributed by atoms with Crippen LogP contribution in [0.15, 0.2) is 79.1 Å². The van der Waals surface area contributed by atoms with E-state index in [9.17, 15) is 4.79 Å². The molecule has 1 heterocycles. The van der Waals surface area contributed by atoms with E-state index >= 15 is 0 Å². The average Bonchev–Trinajstić information content (AvgIpc) is 3.30. The van der Waals surface area contributed by atoms with Gasteiger partial charge < -0.3 is 19.4 Å². The minimum absolute atomic E-state index is 0.179. The Hall–Kier alpha value is -3.80. The quantitative estimate of drug-likeness (QED) is 0.285. The van der Waals surface area contributed by atoms with Crippen molar-refractivity contribution in [3.63, 3.8) is 0 Å². The molecule has 1 N–H and O–H groups in total. The number of hydrogen-bond donors (Lipinski definition) is 1. The molecule has 6 heteroatoms. The van der Waals surface area contributed by atoms with Crippen LogP contribution in [-0.4, -0.2) is 28.2 Å². The zero-order chi connectivity index (χ0) is 23.9. The van der Waals surface area contributed by atoms with Crippen molar-refractivity contribution in [2.45, 2.75) is 45.9 Å². The number of carbonyl (C=O) groups excluding carboxylic acids is 1. The Morgan fingerprint density at radius 2 is 1.74 bits per heavy atom. The SMILES string of the molecule is CCC(COC(=O)c1ccccc1)Oc1cc(NCc2ccccc2)c2ncn(C(C)C)c2c1. The van der Waals surface area contributed by atoms with Gasteiger partial charge in [-0.2, -0.15) is 0 Å². The van der Waals surface area contributed by atoms with Crippen LogP contribution < -0.4 is 10.1 Å². The number of carbonyl (C=O) groups is 1. The highest BCUT2D eigenvalue weighted by Crippen LogP contribution is 2.31. The summed E-state index contributed by atoms with van der Waals surface area (Å²) in [7, 11) is 0. The molecule has 0 aliphatic rings. The van der Waals surface area contributed by atoms with E-state index in [0.717, 1.165) is 16.7 Å². The largest absolute Gasteiger partial charge is 0.487 e. The van der Waals surface area contributed by atoms with Crippen LogP contribution >= 0.6 is 0 Å². The van der Waals surface area contributed by atoms with E-state index in [-0.39, 0.29) is 24.7 Å². The number of nitrogens with zero attached hydrogens (tertiary/aromatic N) is 2. The molecule has 0 bridgehead atoms. The summed E-state index contributed by atoms with van der Waals surface area (Å²) in [5.74, 6) is 0.370. The van der Waals surface area contributed by atoms with Gasteiger partial charge in [0.25, 0.3) is 0 Å². The third kappa shape index (κ3) is 5.57. The maximum absolute atomic E-state index is 12.4. The lowest BCUT2D eigenvalue weighted by Gasteiger charge is -2.19. The van der Waals surface area contributed by atoms with E-state index in [1.165, 1.54) is 5.56 Å². The summed E-state index contributed by atoms with van der Waals surface area (Å²) in [5, 5.41) is 3.52. The van der Waals surface area contributed by atoms with Crippen molar-refractivity contribution >= 4 is 22.7 Å². The molecule has 0 spiro atoms. The summed E-state index contributed by atoms with van der Waals surface area (Å²) >= 11 is 0. The van der Waals surface area contributed by atoms with Gasteiger partial charge in [0, 0.05) is 24.7 Å². The summed E-state index contributed by atoms with van der Waals surface area (Å²) < 4.78 is 14.0. The van der Waals surface area contributed by atoms with Crippen LogP contribution in [-0.2, 0) is 11.3 Å². The standard InChI is InChI=1S/C28H31N3O3/c1-4-23(18-33-28(32)22-13-9-6-10-14-22)34-24-15-25(29-17-21-11-7-5-8-12-21)27-26(16-24)31(19-30-27)20(2)3/h5-16,19-20,23,29H,4,17-18H2,1-3H3. The highest BCUT2D eigenvalue weighted by atomic mass is 16.6. The first-order valence-electron chi connectivity index (χ1n) is 11.7.